The summed E-state index contributed by atoms with van der Waals surface area (Å²) in [7, 11) is 0. The number of carbonyl (C=O) groups is 2. The minimum absolute atomic E-state index is 0.0586. The number of aryl methyl sites for hydroxylation is 1. The highest BCUT2D eigenvalue weighted by Crippen LogP contribution is 2.21. The Kier molecular flexibility index (Phi) is 5.34. The number of nitro benzene ring substituents is 1. The van der Waals surface area contributed by atoms with Crippen LogP contribution >= 0.6 is 0 Å². The van der Waals surface area contributed by atoms with Crippen molar-refractivity contribution in [1.29, 1.82) is 0 Å². The SMILES string of the molecule is CCC[C@H](NC(=O)c1cc([N+](=O)[O-])cc(C)c1F)C(=O)O. The number of non-ortho nitro benzene ring substituents is 1. The van der Waals surface area contributed by atoms with Crippen molar-refractivity contribution >= 4 is 17.6 Å². The molecule has 0 aromatic heterocycles. The average molecular weight is 298 g/mol. The molecule has 2 N–H and O–H groups in total. The standard InChI is InChI=1S/C13H15FN2O5/c1-3-4-10(13(18)19)15-12(17)9-6-8(16(20)21)5-7(2)11(9)14/h5-6,10H,3-4H2,1-2H3,(H,15,17)(H,18,19)/t10-/m0/s1. The lowest BCUT2D eigenvalue weighted by molar-refractivity contribution is -0.385. The number of hydrogen-bond donors (Lipinski definition) is 2. The summed E-state index contributed by atoms with van der Waals surface area (Å²) in [6, 6.07) is 0.636. The zero-order valence-corrected chi connectivity index (χ0v) is 11.6. The zero-order chi connectivity index (χ0) is 16.2. The van der Waals surface area contributed by atoms with Gasteiger partial charge in [0.1, 0.15) is 11.9 Å². The molecule has 1 aromatic carbocycles. The normalized spacial score (nSPS) is 11.8. The van der Waals surface area contributed by atoms with Crippen LogP contribution in [-0.2, 0) is 4.79 Å². The average Bonchev–Trinajstić information content (AvgIpc) is 2.40. The maximum Gasteiger partial charge on any atom is 0.326 e. The molecular weight excluding hydrogens is 283 g/mol. The van der Waals surface area contributed by atoms with E-state index in [0.717, 1.165) is 12.1 Å². The predicted molar refractivity (Wildman–Crippen MR) is 71.6 cm³/mol. The first-order valence-corrected chi connectivity index (χ1v) is 6.26. The largest absolute Gasteiger partial charge is 0.480 e. The van der Waals surface area contributed by atoms with Crippen molar-refractivity contribution in [3.63, 3.8) is 0 Å². The van der Waals surface area contributed by atoms with E-state index < -0.39 is 39.9 Å². The van der Waals surface area contributed by atoms with Crippen LogP contribution in [0.15, 0.2) is 12.1 Å². The summed E-state index contributed by atoms with van der Waals surface area (Å²) in [5.74, 6) is -3.13. The lowest BCUT2D eigenvalue weighted by atomic mass is 10.1. The van der Waals surface area contributed by atoms with Crippen molar-refractivity contribution in [1.82, 2.24) is 5.32 Å². The van der Waals surface area contributed by atoms with E-state index in [1.807, 2.05) is 0 Å². The predicted octanol–water partition coefficient (Wildman–Crippen LogP) is 2.03. The van der Waals surface area contributed by atoms with Crippen LogP contribution in [0, 0.1) is 22.9 Å². The number of carbonyl (C=O) groups excluding carboxylic acids is 1. The fourth-order valence-electron chi connectivity index (χ4n) is 1.80. The summed E-state index contributed by atoms with van der Waals surface area (Å²) in [5, 5.41) is 21.8. The second-order valence-corrected chi connectivity index (χ2v) is 4.53. The van der Waals surface area contributed by atoms with Gasteiger partial charge in [0.15, 0.2) is 0 Å². The van der Waals surface area contributed by atoms with Gasteiger partial charge >= 0.3 is 5.97 Å². The molecule has 0 aliphatic rings. The number of rotatable bonds is 6. The first kappa shape index (κ1) is 16.5. The summed E-state index contributed by atoms with van der Waals surface area (Å²) in [6.45, 7) is 3.03. The number of hydrogen-bond acceptors (Lipinski definition) is 4. The van der Waals surface area contributed by atoms with Gasteiger partial charge in [-0.15, -0.1) is 0 Å². The first-order valence-electron chi connectivity index (χ1n) is 6.26. The minimum atomic E-state index is -1.24. The molecule has 0 bridgehead atoms. The molecule has 1 aromatic rings. The highest BCUT2D eigenvalue weighted by Gasteiger charge is 2.24. The molecule has 0 unspecified atom stereocenters. The number of carboxylic acid groups (broad SMARTS) is 1. The first-order chi connectivity index (χ1) is 9.77. The summed E-state index contributed by atoms with van der Waals surface area (Å²) >= 11 is 0. The molecule has 21 heavy (non-hydrogen) atoms. The Bertz CT molecular complexity index is 588. The third-order valence-electron chi connectivity index (χ3n) is 2.88. The Balaban J connectivity index is 3.11. The van der Waals surface area contributed by atoms with Gasteiger partial charge in [0.25, 0.3) is 11.6 Å². The highest BCUT2D eigenvalue weighted by molar-refractivity contribution is 5.97. The summed E-state index contributed by atoms with van der Waals surface area (Å²) < 4.78 is 13.9. The fourth-order valence-corrected chi connectivity index (χ4v) is 1.80. The highest BCUT2D eigenvalue weighted by atomic mass is 19.1. The molecule has 0 heterocycles. The van der Waals surface area contributed by atoms with Gasteiger partial charge in [0, 0.05) is 12.1 Å². The molecule has 1 rings (SSSR count). The quantitative estimate of drug-likeness (QED) is 0.616. The van der Waals surface area contributed by atoms with Crippen molar-refractivity contribution in [2.45, 2.75) is 32.7 Å². The molecule has 0 aliphatic carbocycles. The lowest BCUT2D eigenvalue weighted by Gasteiger charge is -2.14. The number of nitrogens with one attached hydrogen (secondary N) is 1. The van der Waals surface area contributed by atoms with E-state index in [0.29, 0.717) is 6.42 Å². The van der Waals surface area contributed by atoms with Gasteiger partial charge in [-0.3, -0.25) is 14.9 Å². The molecule has 0 saturated heterocycles. The summed E-state index contributed by atoms with van der Waals surface area (Å²) in [6.07, 6.45) is 0.685. The third kappa shape index (κ3) is 3.98. The molecule has 0 fully saturated rings. The van der Waals surface area contributed by atoms with E-state index >= 15 is 0 Å². The third-order valence-corrected chi connectivity index (χ3v) is 2.88. The number of aliphatic carboxylic acids is 1. The number of carboxylic acids is 1. The maximum atomic E-state index is 13.9. The van der Waals surface area contributed by atoms with Gasteiger partial charge in [0.05, 0.1) is 10.5 Å². The molecule has 0 spiro atoms. The number of halogens is 1. The van der Waals surface area contributed by atoms with Crippen LogP contribution in [0.5, 0.6) is 0 Å². The van der Waals surface area contributed by atoms with Gasteiger partial charge in [-0.1, -0.05) is 13.3 Å². The molecule has 1 amide bonds. The number of nitrogens with zero attached hydrogens (tertiary/aromatic N) is 1. The van der Waals surface area contributed by atoms with Crippen molar-refractivity contribution in [2.24, 2.45) is 0 Å². The second kappa shape index (κ2) is 6.78. The molecule has 0 radical (unpaired) electrons. The van der Waals surface area contributed by atoms with Crippen molar-refractivity contribution in [3.8, 4) is 0 Å². The number of nitro groups is 1. The zero-order valence-electron chi connectivity index (χ0n) is 11.6. The van der Waals surface area contributed by atoms with E-state index in [9.17, 15) is 24.1 Å². The number of amides is 1. The lowest BCUT2D eigenvalue weighted by Crippen LogP contribution is -2.41. The van der Waals surface area contributed by atoms with Crippen molar-refractivity contribution in [2.75, 3.05) is 0 Å². The van der Waals surface area contributed by atoms with Gasteiger partial charge in [-0.25, -0.2) is 9.18 Å². The van der Waals surface area contributed by atoms with Crippen LogP contribution < -0.4 is 5.32 Å². The van der Waals surface area contributed by atoms with Crippen LogP contribution in [0.3, 0.4) is 0 Å². The van der Waals surface area contributed by atoms with Crippen molar-refractivity contribution in [3.05, 3.63) is 39.2 Å². The molecular formula is C13H15FN2O5. The van der Waals surface area contributed by atoms with Gasteiger partial charge in [-0.05, 0) is 18.9 Å². The smallest absolute Gasteiger partial charge is 0.326 e. The van der Waals surface area contributed by atoms with E-state index in [1.165, 1.54) is 6.92 Å². The summed E-state index contributed by atoms with van der Waals surface area (Å²) in [4.78, 5) is 32.9. The fraction of sp³-hybridized carbons (Fsp3) is 0.385. The van der Waals surface area contributed by atoms with Crippen LogP contribution in [0.1, 0.15) is 35.7 Å². The van der Waals surface area contributed by atoms with Gasteiger partial charge in [-0.2, -0.15) is 0 Å². The molecule has 0 aliphatic heterocycles. The van der Waals surface area contributed by atoms with Crippen LogP contribution in [0.25, 0.3) is 0 Å². The van der Waals surface area contributed by atoms with E-state index in [-0.39, 0.29) is 12.0 Å². The minimum Gasteiger partial charge on any atom is -0.480 e. The Morgan fingerprint density at radius 2 is 2.10 bits per heavy atom. The molecule has 7 nitrogen and oxygen atoms in total. The molecule has 114 valence electrons. The van der Waals surface area contributed by atoms with Gasteiger partial charge in [0.2, 0.25) is 0 Å². The Hall–Kier alpha value is -2.51. The topological polar surface area (TPSA) is 110 Å². The Labute approximate surface area is 119 Å². The van der Waals surface area contributed by atoms with Gasteiger partial charge < -0.3 is 10.4 Å². The van der Waals surface area contributed by atoms with E-state index in [4.69, 9.17) is 5.11 Å². The van der Waals surface area contributed by atoms with E-state index in [1.54, 1.807) is 6.92 Å². The molecule has 0 saturated carbocycles. The molecule has 8 heteroatoms. The Morgan fingerprint density at radius 1 is 1.48 bits per heavy atom. The van der Waals surface area contributed by atoms with Crippen LogP contribution in [0.4, 0.5) is 10.1 Å². The van der Waals surface area contributed by atoms with Crippen molar-refractivity contribution < 1.29 is 24.0 Å². The number of benzene rings is 1. The summed E-state index contributed by atoms with van der Waals surface area (Å²) in [5.41, 5.74) is -1.03. The van der Waals surface area contributed by atoms with Crippen LogP contribution in [0.2, 0.25) is 0 Å². The van der Waals surface area contributed by atoms with Crippen LogP contribution in [-0.4, -0.2) is 27.9 Å². The maximum absolute atomic E-state index is 13.9. The second-order valence-electron chi connectivity index (χ2n) is 4.53. The monoisotopic (exact) mass is 298 g/mol. The Morgan fingerprint density at radius 3 is 2.57 bits per heavy atom. The van der Waals surface area contributed by atoms with E-state index in [2.05, 4.69) is 5.32 Å². The molecule has 1 atom stereocenters.